The van der Waals surface area contributed by atoms with Gasteiger partial charge in [0.05, 0.1) is 5.88 Å². The molecule has 0 aromatic carbocycles. The fraction of sp³-hybridized carbons (Fsp3) is 0.667. The van der Waals surface area contributed by atoms with Gasteiger partial charge in [0.25, 0.3) is 5.91 Å². The molecule has 2 fully saturated rings. The lowest BCUT2D eigenvalue weighted by Crippen LogP contribution is -2.52. The van der Waals surface area contributed by atoms with Gasteiger partial charge in [0.2, 0.25) is 15.9 Å². The molecule has 2 aliphatic rings. The maximum absolute atomic E-state index is 13.0. The summed E-state index contributed by atoms with van der Waals surface area (Å²) in [4.78, 5) is 27.0. The fourth-order valence-electron chi connectivity index (χ4n) is 3.35. The summed E-state index contributed by atoms with van der Waals surface area (Å²) >= 11 is 1.48. The van der Waals surface area contributed by atoms with Crippen LogP contribution in [0, 0.1) is 6.92 Å². The SMILES string of the molecule is Cc1oc(C(=O)N2CSCC2C(=O)NC(C)(C)C)cc1S(=O)(=O)N1CCCC1. The topological polar surface area (TPSA) is 99.9 Å². The Morgan fingerprint density at radius 1 is 1.25 bits per heavy atom. The molecule has 1 unspecified atom stereocenters. The molecule has 1 aromatic heterocycles. The van der Waals surface area contributed by atoms with Crippen molar-refractivity contribution in [3.63, 3.8) is 0 Å². The van der Waals surface area contributed by atoms with E-state index in [0.717, 1.165) is 12.8 Å². The van der Waals surface area contributed by atoms with E-state index in [0.29, 0.717) is 24.7 Å². The first-order valence-electron chi connectivity index (χ1n) is 9.32. The normalized spacial score (nSPS) is 21.3. The zero-order chi connectivity index (χ0) is 20.7. The summed E-state index contributed by atoms with van der Waals surface area (Å²) in [6.07, 6.45) is 1.66. The van der Waals surface area contributed by atoms with E-state index >= 15 is 0 Å². The average Bonchev–Trinajstić information content (AvgIpc) is 3.32. The highest BCUT2D eigenvalue weighted by Crippen LogP contribution is 2.29. The second-order valence-corrected chi connectivity index (χ2v) is 11.1. The maximum Gasteiger partial charge on any atom is 0.291 e. The third-order valence-corrected chi connectivity index (χ3v) is 7.73. The van der Waals surface area contributed by atoms with Crippen molar-refractivity contribution >= 4 is 33.6 Å². The first-order chi connectivity index (χ1) is 13.0. The standard InChI is InChI=1S/C18H27N3O5S2/c1-12-15(28(24,25)20-7-5-6-8-20)9-14(26-12)17(23)21-11-27-10-13(21)16(22)19-18(2,3)4/h9,13H,5-8,10-11H2,1-4H3,(H,19,22). The van der Waals surface area contributed by atoms with Crippen LogP contribution in [0.4, 0.5) is 0 Å². The van der Waals surface area contributed by atoms with Crippen molar-refractivity contribution in [2.45, 2.75) is 57.0 Å². The average molecular weight is 430 g/mol. The van der Waals surface area contributed by atoms with Crippen LogP contribution >= 0.6 is 11.8 Å². The quantitative estimate of drug-likeness (QED) is 0.783. The number of rotatable bonds is 4. The van der Waals surface area contributed by atoms with Gasteiger partial charge in [0.15, 0.2) is 5.76 Å². The van der Waals surface area contributed by atoms with Gasteiger partial charge in [-0.3, -0.25) is 9.59 Å². The molecule has 1 atom stereocenters. The number of thioether (sulfide) groups is 1. The Morgan fingerprint density at radius 3 is 2.50 bits per heavy atom. The predicted molar refractivity (Wildman–Crippen MR) is 107 cm³/mol. The molecule has 0 aliphatic carbocycles. The van der Waals surface area contributed by atoms with Crippen LogP contribution in [-0.2, 0) is 14.8 Å². The molecule has 0 radical (unpaired) electrons. The van der Waals surface area contributed by atoms with Crippen LogP contribution in [0.2, 0.25) is 0 Å². The van der Waals surface area contributed by atoms with E-state index in [4.69, 9.17) is 4.42 Å². The van der Waals surface area contributed by atoms with Gasteiger partial charge in [-0.1, -0.05) is 0 Å². The number of hydrogen-bond acceptors (Lipinski definition) is 6. The van der Waals surface area contributed by atoms with Gasteiger partial charge in [-0.15, -0.1) is 11.8 Å². The summed E-state index contributed by atoms with van der Waals surface area (Å²) in [5, 5.41) is 2.90. The molecule has 2 aliphatic heterocycles. The number of hydrogen-bond donors (Lipinski definition) is 1. The summed E-state index contributed by atoms with van der Waals surface area (Å²) in [5.74, 6) is 0.301. The fourth-order valence-corrected chi connectivity index (χ4v) is 6.18. The van der Waals surface area contributed by atoms with Crippen molar-refractivity contribution in [3.05, 3.63) is 17.6 Å². The molecule has 8 nitrogen and oxygen atoms in total. The minimum Gasteiger partial charge on any atom is -0.455 e. The first kappa shape index (κ1) is 21.2. The monoisotopic (exact) mass is 429 g/mol. The zero-order valence-electron chi connectivity index (χ0n) is 16.6. The summed E-state index contributed by atoms with van der Waals surface area (Å²) in [6.45, 7) is 8.14. The van der Waals surface area contributed by atoms with Gasteiger partial charge in [-0.2, -0.15) is 4.31 Å². The van der Waals surface area contributed by atoms with Crippen molar-refractivity contribution in [2.24, 2.45) is 0 Å². The molecule has 1 aromatic rings. The van der Waals surface area contributed by atoms with E-state index < -0.39 is 27.5 Å². The van der Waals surface area contributed by atoms with E-state index in [1.807, 2.05) is 20.8 Å². The van der Waals surface area contributed by atoms with Crippen molar-refractivity contribution < 1.29 is 22.4 Å². The molecule has 1 N–H and O–H groups in total. The van der Waals surface area contributed by atoms with E-state index in [1.54, 1.807) is 6.92 Å². The smallest absolute Gasteiger partial charge is 0.291 e. The Labute approximate surface area is 170 Å². The minimum atomic E-state index is -3.68. The third kappa shape index (κ3) is 4.23. The number of carbonyl (C=O) groups is 2. The predicted octanol–water partition coefficient (Wildman–Crippen LogP) is 1.80. The van der Waals surface area contributed by atoms with Crippen LogP contribution in [0.3, 0.4) is 0 Å². The van der Waals surface area contributed by atoms with Gasteiger partial charge in [-0.25, -0.2) is 8.42 Å². The van der Waals surface area contributed by atoms with E-state index in [1.165, 1.54) is 27.0 Å². The number of nitrogens with one attached hydrogen (secondary N) is 1. The highest BCUT2D eigenvalue weighted by atomic mass is 32.2. The number of carbonyl (C=O) groups excluding carboxylic acids is 2. The molecule has 0 bridgehead atoms. The molecule has 28 heavy (non-hydrogen) atoms. The van der Waals surface area contributed by atoms with E-state index in [9.17, 15) is 18.0 Å². The van der Waals surface area contributed by atoms with Crippen molar-refractivity contribution in [1.82, 2.24) is 14.5 Å². The molecular weight excluding hydrogens is 402 g/mol. The van der Waals surface area contributed by atoms with Crippen LogP contribution in [0.15, 0.2) is 15.4 Å². The summed E-state index contributed by atoms with van der Waals surface area (Å²) < 4.78 is 32.6. The van der Waals surface area contributed by atoms with Gasteiger partial charge >= 0.3 is 0 Å². The summed E-state index contributed by atoms with van der Waals surface area (Å²) in [6, 6.07) is 0.688. The van der Waals surface area contributed by atoms with Crippen LogP contribution in [-0.4, -0.2) is 65.7 Å². The van der Waals surface area contributed by atoms with Crippen molar-refractivity contribution in [2.75, 3.05) is 24.7 Å². The molecule has 0 saturated carbocycles. The minimum absolute atomic E-state index is 0.0280. The Balaban J connectivity index is 1.82. The maximum atomic E-state index is 13.0. The number of aryl methyl sites for hydroxylation is 1. The molecule has 3 rings (SSSR count). The molecular formula is C18H27N3O5S2. The Morgan fingerprint density at radius 2 is 1.89 bits per heavy atom. The van der Waals surface area contributed by atoms with Gasteiger partial charge in [-0.05, 0) is 40.5 Å². The van der Waals surface area contributed by atoms with Crippen LogP contribution in [0.1, 0.15) is 49.9 Å². The Kier molecular flexibility index (Phi) is 5.84. The number of furan rings is 1. The van der Waals surface area contributed by atoms with Gasteiger partial charge in [0, 0.05) is 30.4 Å². The van der Waals surface area contributed by atoms with E-state index in [-0.39, 0.29) is 22.3 Å². The third-order valence-electron chi connectivity index (χ3n) is 4.71. The van der Waals surface area contributed by atoms with Gasteiger partial charge in [0.1, 0.15) is 16.7 Å². The van der Waals surface area contributed by atoms with Crippen LogP contribution in [0.5, 0.6) is 0 Å². The lowest BCUT2D eigenvalue weighted by molar-refractivity contribution is -0.125. The molecule has 0 spiro atoms. The number of amides is 2. The summed E-state index contributed by atoms with van der Waals surface area (Å²) in [7, 11) is -3.68. The molecule has 10 heteroatoms. The first-order valence-corrected chi connectivity index (χ1v) is 11.9. The second-order valence-electron chi connectivity index (χ2n) is 8.17. The van der Waals surface area contributed by atoms with E-state index in [2.05, 4.69) is 5.32 Å². The molecule has 156 valence electrons. The molecule has 2 saturated heterocycles. The summed E-state index contributed by atoms with van der Waals surface area (Å²) in [5.41, 5.74) is -0.405. The van der Waals surface area contributed by atoms with Crippen molar-refractivity contribution in [3.8, 4) is 0 Å². The number of nitrogens with zero attached hydrogens (tertiary/aromatic N) is 2. The Hall–Kier alpha value is -1.52. The largest absolute Gasteiger partial charge is 0.455 e. The second kappa shape index (κ2) is 7.72. The van der Waals surface area contributed by atoms with Crippen molar-refractivity contribution in [1.29, 1.82) is 0 Å². The van der Waals surface area contributed by atoms with Crippen LogP contribution < -0.4 is 5.32 Å². The van der Waals surface area contributed by atoms with Crippen LogP contribution in [0.25, 0.3) is 0 Å². The number of sulfonamides is 1. The molecule has 3 heterocycles. The highest BCUT2D eigenvalue weighted by Gasteiger charge is 2.39. The van der Waals surface area contributed by atoms with Gasteiger partial charge < -0.3 is 14.6 Å². The lowest BCUT2D eigenvalue weighted by atomic mass is 10.1. The zero-order valence-corrected chi connectivity index (χ0v) is 18.3. The lowest BCUT2D eigenvalue weighted by Gasteiger charge is -2.27. The Bertz CT molecular complexity index is 866. The molecule has 2 amide bonds. The highest BCUT2D eigenvalue weighted by molar-refractivity contribution is 7.99.